The smallest absolute Gasteiger partial charge is 0.330 e. The molecule has 126 valence electrons. The highest BCUT2D eigenvalue weighted by molar-refractivity contribution is 7.80. The van der Waals surface area contributed by atoms with Gasteiger partial charge in [0.2, 0.25) is 5.95 Å². The first-order valence-corrected chi connectivity index (χ1v) is 7.70. The fourth-order valence-electron chi connectivity index (χ4n) is 1.82. The van der Waals surface area contributed by atoms with Gasteiger partial charge >= 0.3 is 12.0 Å². The molecular formula is C17H14N4O3S. The second kappa shape index (κ2) is 8.02. The van der Waals surface area contributed by atoms with E-state index in [1.165, 1.54) is 7.11 Å². The number of aromatic nitrogens is 3. The monoisotopic (exact) mass is 354 g/mol. The second-order valence-electron chi connectivity index (χ2n) is 4.67. The second-order valence-corrected chi connectivity index (χ2v) is 5.04. The van der Waals surface area contributed by atoms with Gasteiger partial charge in [-0.3, -0.25) is 5.32 Å². The van der Waals surface area contributed by atoms with Crippen LogP contribution in [0.5, 0.6) is 23.5 Å². The van der Waals surface area contributed by atoms with Gasteiger partial charge in [-0.1, -0.05) is 36.4 Å². The van der Waals surface area contributed by atoms with E-state index in [1.54, 1.807) is 24.3 Å². The molecule has 0 saturated heterocycles. The molecule has 0 radical (unpaired) electrons. The zero-order chi connectivity index (χ0) is 17.5. The van der Waals surface area contributed by atoms with Crippen molar-refractivity contribution in [3.63, 3.8) is 0 Å². The lowest BCUT2D eigenvalue weighted by Crippen LogP contribution is -2.14. The third kappa shape index (κ3) is 4.85. The predicted molar refractivity (Wildman–Crippen MR) is 96.1 cm³/mol. The molecule has 7 nitrogen and oxygen atoms in total. The highest BCUT2D eigenvalue weighted by atomic mass is 32.1. The van der Waals surface area contributed by atoms with Crippen LogP contribution in [0.4, 0.5) is 5.95 Å². The number of nitrogens with one attached hydrogen (secondary N) is 1. The molecule has 0 amide bonds. The van der Waals surface area contributed by atoms with Gasteiger partial charge in [0.1, 0.15) is 11.5 Å². The Kier molecular flexibility index (Phi) is 5.32. The SMILES string of the molecule is COC(=S)Nc1nc(Oc2ccccc2)nc(Oc2ccccc2)n1. The maximum Gasteiger partial charge on any atom is 0.330 e. The Morgan fingerprint density at radius 1 is 0.800 bits per heavy atom. The summed E-state index contributed by atoms with van der Waals surface area (Å²) in [7, 11) is 1.44. The third-order valence-electron chi connectivity index (χ3n) is 2.90. The summed E-state index contributed by atoms with van der Waals surface area (Å²) >= 11 is 4.97. The van der Waals surface area contributed by atoms with Crippen LogP contribution >= 0.6 is 12.2 Å². The van der Waals surface area contributed by atoms with Gasteiger partial charge in [0.25, 0.3) is 5.17 Å². The maximum atomic E-state index is 5.65. The van der Waals surface area contributed by atoms with Gasteiger partial charge in [0.05, 0.1) is 7.11 Å². The van der Waals surface area contributed by atoms with Crippen LogP contribution in [0.2, 0.25) is 0 Å². The summed E-state index contributed by atoms with van der Waals surface area (Å²) in [4.78, 5) is 12.5. The largest absolute Gasteiger partial charge is 0.474 e. The average molecular weight is 354 g/mol. The fourth-order valence-corrected chi connectivity index (χ4v) is 1.91. The molecule has 0 unspecified atom stereocenters. The molecule has 1 N–H and O–H groups in total. The number of benzene rings is 2. The Morgan fingerprint density at radius 3 is 1.72 bits per heavy atom. The molecule has 2 aromatic carbocycles. The van der Waals surface area contributed by atoms with E-state index in [4.69, 9.17) is 26.4 Å². The van der Waals surface area contributed by atoms with Gasteiger partial charge in [-0.25, -0.2) is 0 Å². The van der Waals surface area contributed by atoms with Crippen LogP contribution in [0.15, 0.2) is 60.7 Å². The summed E-state index contributed by atoms with van der Waals surface area (Å²) in [6.45, 7) is 0. The molecule has 0 bridgehead atoms. The summed E-state index contributed by atoms with van der Waals surface area (Å²) in [6, 6.07) is 18.4. The van der Waals surface area contributed by atoms with Crippen LogP contribution in [0.3, 0.4) is 0 Å². The van der Waals surface area contributed by atoms with Crippen LogP contribution in [-0.2, 0) is 4.74 Å². The molecule has 3 rings (SSSR count). The molecule has 1 heterocycles. The predicted octanol–water partition coefficient (Wildman–Crippen LogP) is 3.80. The van der Waals surface area contributed by atoms with Gasteiger partial charge in [0.15, 0.2) is 0 Å². The van der Waals surface area contributed by atoms with Crippen molar-refractivity contribution in [2.24, 2.45) is 0 Å². The van der Waals surface area contributed by atoms with Crippen LogP contribution in [-0.4, -0.2) is 27.2 Å². The highest BCUT2D eigenvalue weighted by Crippen LogP contribution is 2.23. The molecule has 0 fully saturated rings. The Morgan fingerprint density at radius 2 is 1.28 bits per heavy atom. The summed E-state index contributed by atoms with van der Waals surface area (Å²) in [5.74, 6) is 1.32. The minimum atomic E-state index is 0.0635. The Bertz CT molecular complexity index is 787. The van der Waals surface area contributed by atoms with E-state index in [1.807, 2.05) is 36.4 Å². The molecule has 0 aliphatic heterocycles. The zero-order valence-electron chi connectivity index (χ0n) is 13.2. The molecule has 0 aliphatic rings. The first-order valence-electron chi connectivity index (χ1n) is 7.30. The zero-order valence-corrected chi connectivity index (χ0v) is 14.1. The maximum absolute atomic E-state index is 5.65. The Labute approximate surface area is 149 Å². The number of para-hydroxylation sites is 2. The van der Waals surface area contributed by atoms with Crippen molar-refractivity contribution in [1.82, 2.24) is 15.0 Å². The lowest BCUT2D eigenvalue weighted by molar-refractivity contribution is 0.397. The van der Waals surface area contributed by atoms with E-state index in [0.29, 0.717) is 11.5 Å². The summed E-state index contributed by atoms with van der Waals surface area (Å²) in [5, 5.41) is 2.84. The Balaban J connectivity index is 1.89. The minimum absolute atomic E-state index is 0.0635. The molecule has 3 aromatic rings. The molecule has 0 saturated carbocycles. The lowest BCUT2D eigenvalue weighted by Gasteiger charge is -2.10. The van der Waals surface area contributed by atoms with Crippen molar-refractivity contribution in [2.45, 2.75) is 0 Å². The van der Waals surface area contributed by atoms with E-state index >= 15 is 0 Å². The lowest BCUT2D eigenvalue weighted by atomic mass is 10.3. The van der Waals surface area contributed by atoms with E-state index in [-0.39, 0.29) is 23.1 Å². The summed E-state index contributed by atoms with van der Waals surface area (Å²) in [5.41, 5.74) is 0. The third-order valence-corrected chi connectivity index (χ3v) is 3.17. The molecule has 25 heavy (non-hydrogen) atoms. The molecule has 0 spiro atoms. The first kappa shape index (κ1) is 16.6. The number of anilines is 1. The van der Waals surface area contributed by atoms with Gasteiger partial charge in [-0.05, 0) is 36.5 Å². The summed E-state index contributed by atoms with van der Waals surface area (Å²) in [6.07, 6.45) is 0. The number of methoxy groups -OCH3 is 1. The first-order chi connectivity index (χ1) is 12.2. The van der Waals surface area contributed by atoms with E-state index < -0.39 is 0 Å². The normalized spacial score (nSPS) is 9.96. The van der Waals surface area contributed by atoms with Gasteiger partial charge in [-0.15, -0.1) is 4.98 Å². The summed E-state index contributed by atoms with van der Waals surface area (Å²) < 4.78 is 16.2. The molecule has 0 aliphatic carbocycles. The van der Waals surface area contributed by atoms with Crippen molar-refractivity contribution >= 4 is 23.3 Å². The van der Waals surface area contributed by atoms with Crippen LogP contribution in [0, 0.1) is 0 Å². The number of ether oxygens (including phenoxy) is 3. The van der Waals surface area contributed by atoms with Crippen molar-refractivity contribution in [3.8, 4) is 23.5 Å². The number of rotatable bonds is 5. The van der Waals surface area contributed by atoms with Crippen LogP contribution in [0.25, 0.3) is 0 Å². The standard InChI is InChI=1S/C17H14N4O3S/c1-22-17(25)20-14-18-15(23-12-8-4-2-5-9-12)21-16(19-14)24-13-10-6-3-7-11-13/h2-11H,1H3,(H,18,19,20,21,25). The highest BCUT2D eigenvalue weighted by Gasteiger charge is 2.12. The van der Waals surface area contributed by atoms with Crippen molar-refractivity contribution in [1.29, 1.82) is 0 Å². The number of hydrogen-bond donors (Lipinski definition) is 1. The van der Waals surface area contributed by atoms with Crippen molar-refractivity contribution in [2.75, 3.05) is 12.4 Å². The van der Waals surface area contributed by atoms with Gasteiger partial charge in [-0.2, -0.15) is 9.97 Å². The Hall–Kier alpha value is -3.26. The topological polar surface area (TPSA) is 78.4 Å². The van der Waals surface area contributed by atoms with Gasteiger partial charge in [0, 0.05) is 0 Å². The van der Waals surface area contributed by atoms with Crippen molar-refractivity contribution < 1.29 is 14.2 Å². The van der Waals surface area contributed by atoms with E-state index in [9.17, 15) is 0 Å². The van der Waals surface area contributed by atoms with Gasteiger partial charge < -0.3 is 14.2 Å². The molecular weight excluding hydrogens is 340 g/mol. The minimum Gasteiger partial charge on any atom is -0.474 e. The van der Waals surface area contributed by atoms with Crippen molar-refractivity contribution in [3.05, 3.63) is 60.7 Å². The number of thiocarbonyl (C=S) groups is 1. The van der Waals surface area contributed by atoms with Crippen LogP contribution in [0.1, 0.15) is 0 Å². The molecule has 0 atom stereocenters. The molecule has 8 heteroatoms. The average Bonchev–Trinajstić information content (AvgIpc) is 2.63. The number of nitrogens with zero attached hydrogens (tertiary/aromatic N) is 3. The fraction of sp³-hybridized carbons (Fsp3) is 0.0588. The van der Waals surface area contributed by atoms with Crippen LogP contribution < -0.4 is 14.8 Å². The van der Waals surface area contributed by atoms with E-state index in [2.05, 4.69) is 20.3 Å². The van der Waals surface area contributed by atoms with E-state index in [0.717, 1.165) is 0 Å². The quantitative estimate of drug-likeness (QED) is 0.693. The number of hydrogen-bond acceptors (Lipinski definition) is 7. The molecule has 1 aromatic heterocycles.